The maximum atomic E-state index is 12.2. The van der Waals surface area contributed by atoms with Crippen molar-refractivity contribution in [2.75, 3.05) is 20.2 Å². The van der Waals surface area contributed by atoms with Crippen LogP contribution in [0.3, 0.4) is 0 Å². The van der Waals surface area contributed by atoms with Gasteiger partial charge >= 0.3 is 5.97 Å². The molecule has 1 aromatic carbocycles. The van der Waals surface area contributed by atoms with Gasteiger partial charge < -0.3 is 20.7 Å². The number of carbonyl (C=O) groups excluding carboxylic acids is 3. The second-order valence-corrected chi connectivity index (χ2v) is 6.58. The Morgan fingerprint density at radius 3 is 2.78 bits per heavy atom. The van der Waals surface area contributed by atoms with Crippen molar-refractivity contribution >= 4 is 41.8 Å². The van der Waals surface area contributed by atoms with E-state index >= 15 is 0 Å². The van der Waals surface area contributed by atoms with Crippen molar-refractivity contribution in [1.82, 2.24) is 16.0 Å². The van der Waals surface area contributed by atoms with E-state index in [-0.39, 0.29) is 49.6 Å². The van der Waals surface area contributed by atoms with E-state index in [0.717, 1.165) is 24.9 Å². The van der Waals surface area contributed by atoms with E-state index in [4.69, 9.17) is 16.3 Å². The molecular formula is C18H25Cl2N3O4. The van der Waals surface area contributed by atoms with E-state index in [1.807, 2.05) is 0 Å². The Labute approximate surface area is 170 Å². The Balaban J connectivity index is 0.00000364. The molecule has 1 saturated heterocycles. The SMILES string of the molecule is COC(=O)CC(NC(=O)CCNC(=O)C1CCCN1)c1cccc(Cl)c1.Cl. The van der Waals surface area contributed by atoms with Gasteiger partial charge in [-0.05, 0) is 37.1 Å². The molecule has 27 heavy (non-hydrogen) atoms. The Morgan fingerprint density at radius 2 is 2.15 bits per heavy atom. The number of nitrogens with one attached hydrogen (secondary N) is 3. The Bertz CT molecular complexity index is 651. The molecule has 1 heterocycles. The molecular weight excluding hydrogens is 393 g/mol. The zero-order valence-corrected chi connectivity index (χ0v) is 16.7. The van der Waals surface area contributed by atoms with Crippen LogP contribution in [0.2, 0.25) is 5.02 Å². The first kappa shape index (κ1) is 23.2. The highest BCUT2D eigenvalue weighted by Crippen LogP contribution is 2.21. The number of benzene rings is 1. The van der Waals surface area contributed by atoms with Gasteiger partial charge in [0.25, 0.3) is 0 Å². The van der Waals surface area contributed by atoms with Gasteiger partial charge in [-0.25, -0.2) is 0 Å². The molecule has 0 aromatic heterocycles. The molecule has 1 fully saturated rings. The highest BCUT2D eigenvalue weighted by molar-refractivity contribution is 6.30. The topological polar surface area (TPSA) is 96.5 Å². The first-order chi connectivity index (χ1) is 12.5. The van der Waals surface area contributed by atoms with Crippen molar-refractivity contribution in [2.45, 2.75) is 37.8 Å². The number of halogens is 2. The van der Waals surface area contributed by atoms with Crippen LogP contribution in [0.4, 0.5) is 0 Å². The molecule has 0 spiro atoms. The summed E-state index contributed by atoms with van der Waals surface area (Å²) in [4.78, 5) is 35.8. The van der Waals surface area contributed by atoms with E-state index in [0.29, 0.717) is 5.02 Å². The molecule has 2 amide bonds. The third-order valence-electron chi connectivity index (χ3n) is 4.21. The second kappa shape index (κ2) is 11.8. The van der Waals surface area contributed by atoms with Gasteiger partial charge in [-0.1, -0.05) is 23.7 Å². The van der Waals surface area contributed by atoms with Crippen LogP contribution in [-0.2, 0) is 19.1 Å². The van der Waals surface area contributed by atoms with Crippen molar-refractivity contribution in [2.24, 2.45) is 0 Å². The summed E-state index contributed by atoms with van der Waals surface area (Å²) in [7, 11) is 1.30. The maximum Gasteiger partial charge on any atom is 0.307 e. The first-order valence-corrected chi connectivity index (χ1v) is 9.00. The molecule has 1 aliphatic rings. The summed E-state index contributed by atoms with van der Waals surface area (Å²) in [5, 5.41) is 9.18. The molecule has 7 nitrogen and oxygen atoms in total. The molecule has 3 N–H and O–H groups in total. The molecule has 9 heteroatoms. The summed E-state index contributed by atoms with van der Waals surface area (Å²) in [5.74, 6) is -0.786. The number of rotatable bonds is 8. The Hall–Kier alpha value is -1.83. The number of methoxy groups -OCH3 is 1. The van der Waals surface area contributed by atoms with Crippen LogP contribution < -0.4 is 16.0 Å². The molecule has 0 radical (unpaired) electrons. The largest absolute Gasteiger partial charge is 0.469 e. The van der Waals surface area contributed by atoms with Gasteiger partial charge in [-0.3, -0.25) is 14.4 Å². The minimum absolute atomic E-state index is 0. The fourth-order valence-electron chi connectivity index (χ4n) is 2.82. The van der Waals surface area contributed by atoms with E-state index in [1.54, 1.807) is 24.3 Å². The standard InChI is InChI=1S/C18H24ClN3O4.ClH/c1-26-17(24)11-15(12-4-2-5-13(19)10-12)22-16(23)7-9-21-18(25)14-6-3-8-20-14;/h2,4-5,10,14-15,20H,3,6-9,11H2,1H3,(H,21,25)(H,22,23);1H. The van der Waals surface area contributed by atoms with Crippen molar-refractivity contribution in [3.8, 4) is 0 Å². The average molecular weight is 418 g/mol. The van der Waals surface area contributed by atoms with Crippen molar-refractivity contribution in [3.63, 3.8) is 0 Å². The van der Waals surface area contributed by atoms with Crippen molar-refractivity contribution < 1.29 is 19.1 Å². The normalized spacial score (nSPS) is 16.7. The van der Waals surface area contributed by atoms with Crippen LogP contribution in [0, 0.1) is 0 Å². The molecule has 2 rings (SSSR count). The number of esters is 1. The van der Waals surface area contributed by atoms with Gasteiger partial charge in [0, 0.05) is 18.0 Å². The first-order valence-electron chi connectivity index (χ1n) is 8.62. The summed E-state index contributed by atoms with van der Waals surface area (Å²) in [5.41, 5.74) is 0.718. The quantitative estimate of drug-likeness (QED) is 0.559. The highest BCUT2D eigenvalue weighted by Gasteiger charge is 2.22. The molecule has 0 saturated carbocycles. The fourth-order valence-corrected chi connectivity index (χ4v) is 3.02. The smallest absolute Gasteiger partial charge is 0.307 e. The molecule has 1 aliphatic heterocycles. The predicted octanol–water partition coefficient (Wildman–Crippen LogP) is 1.74. The van der Waals surface area contributed by atoms with Crippen LogP contribution >= 0.6 is 24.0 Å². The highest BCUT2D eigenvalue weighted by atomic mass is 35.5. The third kappa shape index (κ3) is 7.74. The van der Waals surface area contributed by atoms with Crippen LogP contribution in [0.15, 0.2) is 24.3 Å². The van der Waals surface area contributed by atoms with Gasteiger partial charge in [0.1, 0.15) is 0 Å². The predicted molar refractivity (Wildman–Crippen MR) is 105 cm³/mol. The lowest BCUT2D eigenvalue weighted by Crippen LogP contribution is -2.42. The van der Waals surface area contributed by atoms with Crippen molar-refractivity contribution in [3.05, 3.63) is 34.9 Å². The van der Waals surface area contributed by atoms with E-state index in [1.165, 1.54) is 7.11 Å². The summed E-state index contributed by atoms with van der Waals surface area (Å²) in [6.45, 7) is 1.08. The fraction of sp³-hybridized carbons (Fsp3) is 0.500. The van der Waals surface area contributed by atoms with Crippen LogP contribution in [0.25, 0.3) is 0 Å². The molecule has 2 unspecified atom stereocenters. The van der Waals surface area contributed by atoms with Crippen LogP contribution in [0.5, 0.6) is 0 Å². The van der Waals surface area contributed by atoms with E-state index in [2.05, 4.69) is 16.0 Å². The molecule has 150 valence electrons. The number of hydrogen-bond acceptors (Lipinski definition) is 5. The number of carbonyl (C=O) groups is 3. The zero-order chi connectivity index (χ0) is 18.9. The van der Waals surface area contributed by atoms with Crippen LogP contribution in [-0.4, -0.2) is 44.0 Å². The minimum Gasteiger partial charge on any atom is -0.469 e. The number of ether oxygens (including phenoxy) is 1. The van der Waals surface area contributed by atoms with Gasteiger partial charge in [-0.15, -0.1) is 12.4 Å². The molecule has 1 aromatic rings. The number of hydrogen-bond donors (Lipinski definition) is 3. The molecule has 0 aliphatic carbocycles. The lowest BCUT2D eigenvalue weighted by Gasteiger charge is -2.19. The minimum atomic E-state index is -0.541. The summed E-state index contributed by atoms with van der Waals surface area (Å²) >= 11 is 5.99. The third-order valence-corrected chi connectivity index (χ3v) is 4.45. The second-order valence-electron chi connectivity index (χ2n) is 6.15. The van der Waals surface area contributed by atoms with Crippen LogP contribution in [0.1, 0.15) is 37.3 Å². The lowest BCUT2D eigenvalue weighted by molar-refractivity contribution is -0.141. The summed E-state index contributed by atoms with van der Waals surface area (Å²) in [6.07, 6.45) is 1.92. The van der Waals surface area contributed by atoms with E-state index in [9.17, 15) is 14.4 Å². The Morgan fingerprint density at radius 1 is 1.37 bits per heavy atom. The molecule has 2 atom stereocenters. The van der Waals surface area contributed by atoms with Crippen molar-refractivity contribution in [1.29, 1.82) is 0 Å². The van der Waals surface area contributed by atoms with Gasteiger partial charge in [0.05, 0.1) is 25.6 Å². The van der Waals surface area contributed by atoms with Gasteiger partial charge in [-0.2, -0.15) is 0 Å². The monoisotopic (exact) mass is 417 g/mol. The van der Waals surface area contributed by atoms with Gasteiger partial charge in [0.2, 0.25) is 11.8 Å². The molecule has 0 bridgehead atoms. The Kier molecular flexibility index (Phi) is 10.1. The van der Waals surface area contributed by atoms with Gasteiger partial charge in [0.15, 0.2) is 0 Å². The average Bonchev–Trinajstić information content (AvgIpc) is 3.15. The summed E-state index contributed by atoms with van der Waals surface area (Å²) in [6, 6.07) is 6.24. The maximum absolute atomic E-state index is 12.2. The van der Waals surface area contributed by atoms with E-state index < -0.39 is 12.0 Å². The lowest BCUT2D eigenvalue weighted by atomic mass is 10.0. The zero-order valence-electron chi connectivity index (χ0n) is 15.1. The summed E-state index contributed by atoms with van der Waals surface area (Å²) < 4.78 is 4.70. The number of amides is 2.